The van der Waals surface area contributed by atoms with E-state index in [1.807, 2.05) is 23.5 Å². The number of aliphatic carboxylic acids is 1. The van der Waals surface area contributed by atoms with Gasteiger partial charge in [-0.2, -0.15) is 18.3 Å². The Morgan fingerprint density at radius 3 is 2.81 bits per heavy atom. The number of halogens is 3. The number of ether oxygens (including phenoxy) is 1. The minimum absolute atomic E-state index is 0.325. The van der Waals surface area contributed by atoms with E-state index in [9.17, 15) is 13.2 Å². The first-order valence-electron chi connectivity index (χ1n) is 10.1. The number of carboxylic acids is 1. The summed E-state index contributed by atoms with van der Waals surface area (Å²) in [6.07, 6.45) is 0.297. The Morgan fingerprint density at radius 2 is 2.16 bits per heavy atom. The largest absolute Gasteiger partial charge is 0.490 e. The zero-order valence-corrected chi connectivity index (χ0v) is 17.8. The Hall–Kier alpha value is -2.63. The van der Waals surface area contributed by atoms with Gasteiger partial charge in [0.15, 0.2) is 5.76 Å². The SMILES string of the molecule is O=C(O)C(F)(F)F.c1coc(-c2n[nH]c3c2CN(Cc2ccc(C4CCCO4)s2)CC3)c1. The van der Waals surface area contributed by atoms with Crippen LogP contribution in [0.1, 0.15) is 40.0 Å². The first kappa shape index (κ1) is 22.6. The molecule has 0 aromatic carbocycles. The van der Waals surface area contributed by atoms with Gasteiger partial charge in [0.25, 0.3) is 0 Å². The van der Waals surface area contributed by atoms with E-state index in [1.165, 1.54) is 27.4 Å². The van der Waals surface area contributed by atoms with Crippen molar-refractivity contribution in [3.05, 3.63) is 51.5 Å². The molecule has 2 aliphatic heterocycles. The number of carboxylic acid groups (broad SMARTS) is 1. The number of carbonyl (C=O) groups is 1. The highest BCUT2D eigenvalue weighted by Gasteiger charge is 2.38. The minimum atomic E-state index is -5.08. The van der Waals surface area contributed by atoms with Crippen molar-refractivity contribution >= 4 is 17.3 Å². The normalized spacial score (nSPS) is 18.8. The molecule has 1 fully saturated rings. The van der Waals surface area contributed by atoms with Gasteiger partial charge in [-0.3, -0.25) is 10.00 Å². The monoisotopic (exact) mass is 469 g/mol. The van der Waals surface area contributed by atoms with E-state index in [4.69, 9.17) is 19.1 Å². The molecule has 0 bridgehead atoms. The molecule has 2 N–H and O–H groups in total. The summed E-state index contributed by atoms with van der Waals surface area (Å²) in [7, 11) is 0. The summed E-state index contributed by atoms with van der Waals surface area (Å²) in [5.41, 5.74) is 3.47. The number of rotatable bonds is 4. The van der Waals surface area contributed by atoms with Crippen LogP contribution in [0.2, 0.25) is 0 Å². The van der Waals surface area contributed by atoms with Crippen molar-refractivity contribution in [3.8, 4) is 11.5 Å². The lowest BCUT2D eigenvalue weighted by molar-refractivity contribution is -0.192. The van der Waals surface area contributed by atoms with Gasteiger partial charge in [0, 0.05) is 53.7 Å². The van der Waals surface area contributed by atoms with Gasteiger partial charge < -0.3 is 14.3 Å². The highest BCUT2D eigenvalue weighted by molar-refractivity contribution is 7.12. The van der Waals surface area contributed by atoms with Crippen LogP contribution in [0.3, 0.4) is 0 Å². The van der Waals surface area contributed by atoms with E-state index >= 15 is 0 Å². The fraction of sp³-hybridized carbons (Fsp3) is 0.429. The zero-order chi connectivity index (χ0) is 22.7. The molecule has 1 atom stereocenters. The molecule has 0 radical (unpaired) electrons. The third-order valence-electron chi connectivity index (χ3n) is 5.32. The van der Waals surface area contributed by atoms with Crippen molar-refractivity contribution in [1.82, 2.24) is 15.1 Å². The molecule has 11 heteroatoms. The lowest BCUT2D eigenvalue weighted by Crippen LogP contribution is -2.29. The van der Waals surface area contributed by atoms with E-state index < -0.39 is 12.1 Å². The lowest BCUT2D eigenvalue weighted by Gasteiger charge is -2.26. The molecule has 3 aromatic heterocycles. The van der Waals surface area contributed by atoms with Gasteiger partial charge in [0.1, 0.15) is 5.69 Å². The van der Waals surface area contributed by atoms with Crippen molar-refractivity contribution in [1.29, 1.82) is 0 Å². The van der Waals surface area contributed by atoms with E-state index in [-0.39, 0.29) is 0 Å². The summed E-state index contributed by atoms with van der Waals surface area (Å²) in [4.78, 5) is 14.2. The van der Waals surface area contributed by atoms with Crippen LogP contribution in [0.4, 0.5) is 13.2 Å². The maximum absolute atomic E-state index is 10.6. The number of aromatic nitrogens is 2. The maximum Gasteiger partial charge on any atom is 0.490 e. The summed E-state index contributed by atoms with van der Waals surface area (Å²) in [6.45, 7) is 3.86. The molecule has 0 amide bonds. The van der Waals surface area contributed by atoms with Crippen molar-refractivity contribution in [2.45, 2.75) is 44.6 Å². The van der Waals surface area contributed by atoms with Crippen LogP contribution in [0.25, 0.3) is 11.5 Å². The number of hydrogen-bond donors (Lipinski definition) is 2. The van der Waals surface area contributed by atoms with Gasteiger partial charge in [-0.15, -0.1) is 11.3 Å². The predicted octanol–water partition coefficient (Wildman–Crippen LogP) is 4.77. The second kappa shape index (κ2) is 9.47. The molecule has 0 saturated carbocycles. The molecule has 2 aliphatic rings. The molecule has 0 aliphatic carbocycles. The highest BCUT2D eigenvalue weighted by Crippen LogP contribution is 2.35. The molecule has 1 saturated heterocycles. The van der Waals surface area contributed by atoms with Gasteiger partial charge >= 0.3 is 12.1 Å². The smallest absolute Gasteiger partial charge is 0.475 e. The maximum atomic E-state index is 10.6. The standard InChI is InChI=1S/C19H21N3O2S.C2HF3O2/c1-3-16(23-9-1)18-6-5-13(25-18)11-22-8-7-15-14(12-22)19(21-20-15)17-4-2-10-24-17;3-2(4,5)1(6)7/h2,4-6,10,16H,1,3,7-9,11-12H2,(H,20,21);(H,6,7). The van der Waals surface area contributed by atoms with Crippen molar-refractivity contribution in [2.75, 3.05) is 13.2 Å². The van der Waals surface area contributed by atoms with Crippen molar-refractivity contribution in [2.24, 2.45) is 0 Å². The fourth-order valence-electron chi connectivity index (χ4n) is 3.78. The Morgan fingerprint density at radius 1 is 1.34 bits per heavy atom. The van der Waals surface area contributed by atoms with E-state index in [0.29, 0.717) is 6.10 Å². The number of nitrogens with zero attached hydrogens (tertiary/aromatic N) is 2. The number of hydrogen-bond acceptors (Lipinski definition) is 6. The van der Waals surface area contributed by atoms with Crippen LogP contribution in [-0.4, -0.2) is 45.5 Å². The third kappa shape index (κ3) is 5.22. The second-order valence-electron chi connectivity index (χ2n) is 7.58. The number of thiophene rings is 1. The molecular formula is C21H22F3N3O4S. The molecule has 0 spiro atoms. The Kier molecular flexibility index (Phi) is 6.68. The molecule has 172 valence electrons. The number of H-pyrrole nitrogens is 1. The molecule has 5 heterocycles. The van der Waals surface area contributed by atoms with Gasteiger partial charge in [-0.1, -0.05) is 0 Å². The van der Waals surface area contributed by atoms with E-state index in [0.717, 1.165) is 50.5 Å². The number of aromatic amines is 1. The number of alkyl halides is 3. The molecule has 1 unspecified atom stereocenters. The average molecular weight is 469 g/mol. The van der Waals surface area contributed by atoms with Crippen LogP contribution < -0.4 is 0 Å². The van der Waals surface area contributed by atoms with Gasteiger partial charge in [-0.05, 0) is 37.1 Å². The summed E-state index contributed by atoms with van der Waals surface area (Å²) < 4.78 is 43.1. The average Bonchev–Trinajstić information content (AvgIpc) is 3.53. The minimum Gasteiger partial charge on any atom is -0.475 e. The second-order valence-corrected chi connectivity index (χ2v) is 8.78. The first-order chi connectivity index (χ1) is 15.3. The molecular weight excluding hydrogens is 447 g/mol. The van der Waals surface area contributed by atoms with Gasteiger partial charge in [-0.25, -0.2) is 4.79 Å². The number of fused-ring (bicyclic) bond motifs is 1. The van der Waals surface area contributed by atoms with Crippen molar-refractivity contribution in [3.63, 3.8) is 0 Å². The Labute approximate surface area is 185 Å². The predicted molar refractivity (Wildman–Crippen MR) is 110 cm³/mol. The molecule has 3 aromatic rings. The Balaban J connectivity index is 0.000000307. The Bertz CT molecular complexity index is 1040. The van der Waals surface area contributed by atoms with Crippen LogP contribution in [0.5, 0.6) is 0 Å². The summed E-state index contributed by atoms with van der Waals surface area (Å²) in [5, 5.41) is 14.8. The topological polar surface area (TPSA) is 91.6 Å². The fourth-order valence-corrected chi connectivity index (χ4v) is 4.92. The summed E-state index contributed by atoms with van der Waals surface area (Å²) in [6, 6.07) is 8.40. The van der Waals surface area contributed by atoms with Crippen LogP contribution in [0.15, 0.2) is 34.9 Å². The number of nitrogens with one attached hydrogen (secondary N) is 1. The summed E-state index contributed by atoms with van der Waals surface area (Å²) in [5.74, 6) is -1.91. The van der Waals surface area contributed by atoms with Crippen LogP contribution in [0, 0.1) is 0 Å². The first-order valence-corrected chi connectivity index (χ1v) is 11.0. The van der Waals surface area contributed by atoms with E-state index in [2.05, 4.69) is 27.2 Å². The lowest BCUT2D eigenvalue weighted by atomic mass is 10.0. The summed E-state index contributed by atoms with van der Waals surface area (Å²) >= 11 is 1.90. The highest BCUT2D eigenvalue weighted by atomic mass is 32.1. The molecule has 32 heavy (non-hydrogen) atoms. The van der Waals surface area contributed by atoms with Crippen molar-refractivity contribution < 1.29 is 32.2 Å². The zero-order valence-electron chi connectivity index (χ0n) is 17.0. The van der Waals surface area contributed by atoms with Gasteiger partial charge in [0.2, 0.25) is 0 Å². The number of furan rings is 1. The van der Waals surface area contributed by atoms with Crippen LogP contribution in [-0.2, 0) is 29.0 Å². The van der Waals surface area contributed by atoms with E-state index in [1.54, 1.807) is 6.26 Å². The quantitative estimate of drug-likeness (QED) is 0.572. The molecule has 7 nitrogen and oxygen atoms in total. The van der Waals surface area contributed by atoms with Gasteiger partial charge in [0.05, 0.1) is 12.4 Å². The van der Waals surface area contributed by atoms with Crippen LogP contribution >= 0.6 is 11.3 Å². The third-order valence-corrected chi connectivity index (χ3v) is 6.48. The molecule has 5 rings (SSSR count).